The number of hydrogen-bond donors (Lipinski definition) is 1. The molecule has 1 fully saturated rings. The maximum absolute atomic E-state index is 12.3. The molecule has 1 aromatic heterocycles. The first-order valence-electron chi connectivity index (χ1n) is 6.61. The Labute approximate surface area is 117 Å². The van der Waals surface area contributed by atoms with Gasteiger partial charge in [-0.15, -0.1) is 0 Å². The van der Waals surface area contributed by atoms with Gasteiger partial charge in [-0.3, -0.25) is 9.59 Å². The fourth-order valence-corrected chi connectivity index (χ4v) is 2.47. The van der Waals surface area contributed by atoms with E-state index in [1.807, 2.05) is 0 Å². The molecule has 1 saturated heterocycles. The van der Waals surface area contributed by atoms with E-state index in [-0.39, 0.29) is 18.2 Å². The lowest BCUT2D eigenvalue weighted by Crippen LogP contribution is -2.40. The summed E-state index contributed by atoms with van der Waals surface area (Å²) in [6.07, 6.45) is 3.30. The normalized spacial score (nSPS) is 18.6. The molecule has 2 rings (SSSR count). The van der Waals surface area contributed by atoms with Gasteiger partial charge in [0.2, 0.25) is 5.88 Å². The molecular formula is C14H18N2O4. The standard InChI is InChI=1S/C14H18N2O4/c1-20-12-5-4-11(8-15-12)14(19)16-6-2-3-10(9-16)7-13(17)18/h4-5,8,10H,2-3,6-7,9H2,1H3,(H,17,18). The van der Waals surface area contributed by atoms with Crippen LogP contribution in [-0.2, 0) is 4.79 Å². The lowest BCUT2D eigenvalue weighted by atomic mass is 9.94. The van der Waals surface area contributed by atoms with Gasteiger partial charge < -0.3 is 14.7 Å². The number of piperidine rings is 1. The van der Waals surface area contributed by atoms with Crippen LogP contribution in [0.5, 0.6) is 5.88 Å². The van der Waals surface area contributed by atoms with E-state index in [1.54, 1.807) is 17.0 Å². The Kier molecular flexibility index (Phi) is 4.55. The minimum absolute atomic E-state index is 0.0383. The summed E-state index contributed by atoms with van der Waals surface area (Å²) in [5.74, 6) is -0.411. The lowest BCUT2D eigenvalue weighted by molar-refractivity contribution is -0.138. The predicted molar refractivity (Wildman–Crippen MR) is 71.7 cm³/mol. The number of carboxylic acid groups (broad SMARTS) is 1. The highest BCUT2D eigenvalue weighted by Crippen LogP contribution is 2.21. The van der Waals surface area contributed by atoms with Crippen LogP contribution in [0.2, 0.25) is 0 Å². The summed E-state index contributed by atoms with van der Waals surface area (Å²) in [5.41, 5.74) is 0.502. The molecule has 1 aromatic rings. The zero-order chi connectivity index (χ0) is 14.5. The minimum Gasteiger partial charge on any atom is -0.481 e. The van der Waals surface area contributed by atoms with Crippen molar-refractivity contribution in [2.24, 2.45) is 5.92 Å². The molecule has 0 radical (unpaired) electrons. The third-order valence-electron chi connectivity index (χ3n) is 3.46. The van der Waals surface area contributed by atoms with Crippen LogP contribution in [0, 0.1) is 5.92 Å². The Hall–Kier alpha value is -2.11. The second-order valence-electron chi connectivity index (χ2n) is 4.95. The van der Waals surface area contributed by atoms with E-state index in [0.717, 1.165) is 12.8 Å². The van der Waals surface area contributed by atoms with Crippen LogP contribution >= 0.6 is 0 Å². The first-order chi connectivity index (χ1) is 9.60. The van der Waals surface area contributed by atoms with Crippen molar-refractivity contribution in [2.75, 3.05) is 20.2 Å². The molecule has 1 atom stereocenters. The molecule has 108 valence electrons. The maximum Gasteiger partial charge on any atom is 0.303 e. The number of carbonyl (C=O) groups is 2. The van der Waals surface area contributed by atoms with Crippen LogP contribution < -0.4 is 4.74 Å². The zero-order valence-corrected chi connectivity index (χ0v) is 11.4. The second kappa shape index (κ2) is 6.36. The number of nitrogens with zero attached hydrogens (tertiary/aromatic N) is 2. The number of carbonyl (C=O) groups excluding carboxylic acids is 1. The summed E-state index contributed by atoms with van der Waals surface area (Å²) in [4.78, 5) is 28.8. The van der Waals surface area contributed by atoms with Crippen LogP contribution in [0.25, 0.3) is 0 Å². The molecule has 1 amide bonds. The number of hydrogen-bond acceptors (Lipinski definition) is 4. The van der Waals surface area contributed by atoms with E-state index in [2.05, 4.69) is 4.98 Å². The van der Waals surface area contributed by atoms with Crippen molar-refractivity contribution in [1.82, 2.24) is 9.88 Å². The summed E-state index contributed by atoms with van der Waals surface area (Å²) < 4.78 is 4.95. The number of pyridine rings is 1. The molecule has 0 saturated carbocycles. The van der Waals surface area contributed by atoms with Gasteiger partial charge >= 0.3 is 5.97 Å². The van der Waals surface area contributed by atoms with Gasteiger partial charge in [0.05, 0.1) is 12.7 Å². The highest BCUT2D eigenvalue weighted by Gasteiger charge is 2.26. The summed E-state index contributed by atoms with van der Waals surface area (Å²) in [5, 5.41) is 8.84. The number of likely N-dealkylation sites (tertiary alicyclic amines) is 1. The third-order valence-corrected chi connectivity index (χ3v) is 3.46. The molecule has 0 aliphatic carbocycles. The predicted octanol–water partition coefficient (Wildman–Crippen LogP) is 1.42. The molecule has 1 N–H and O–H groups in total. The molecule has 0 aromatic carbocycles. The lowest BCUT2D eigenvalue weighted by Gasteiger charge is -2.32. The molecule has 0 spiro atoms. The number of carboxylic acids is 1. The van der Waals surface area contributed by atoms with Gasteiger partial charge in [0, 0.05) is 31.8 Å². The monoisotopic (exact) mass is 278 g/mol. The molecule has 6 nitrogen and oxygen atoms in total. The van der Waals surface area contributed by atoms with E-state index in [0.29, 0.717) is 24.5 Å². The summed E-state index contributed by atoms with van der Waals surface area (Å²) >= 11 is 0. The van der Waals surface area contributed by atoms with Gasteiger partial charge in [0.15, 0.2) is 0 Å². The molecule has 2 heterocycles. The van der Waals surface area contributed by atoms with E-state index in [1.165, 1.54) is 13.3 Å². The van der Waals surface area contributed by atoms with Gasteiger partial charge in [0.1, 0.15) is 0 Å². The molecule has 1 aliphatic rings. The van der Waals surface area contributed by atoms with Crippen molar-refractivity contribution in [2.45, 2.75) is 19.3 Å². The smallest absolute Gasteiger partial charge is 0.303 e. The highest BCUT2D eigenvalue weighted by atomic mass is 16.5. The van der Waals surface area contributed by atoms with Crippen molar-refractivity contribution in [3.05, 3.63) is 23.9 Å². The van der Waals surface area contributed by atoms with Gasteiger partial charge in [-0.05, 0) is 24.8 Å². The fraction of sp³-hybridized carbons (Fsp3) is 0.500. The van der Waals surface area contributed by atoms with Crippen LogP contribution in [0.3, 0.4) is 0 Å². The van der Waals surface area contributed by atoms with Crippen molar-refractivity contribution in [1.29, 1.82) is 0 Å². The number of ether oxygens (including phenoxy) is 1. The first-order valence-corrected chi connectivity index (χ1v) is 6.61. The molecule has 6 heteroatoms. The van der Waals surface area contributed by atoms with Gasteiger partial charge in [0.25, 0.3) is 5.91 Å². The minimum atomic E-state index is -0.810. The fourth-order valence-electron chi connectivity index (χ4n) is 2.47. The summed E-state index contributed by atoms with van der Waals surface area (Å²) in [6.45, 7) is 1.16. The van der Waals surface area contributed by atoms with Crippen molar-refractivity contribution in [3.8, 4) is 5.88 Å². The van der Waals surface area contributed by atoms with E-state index < -0.39 is 5.97 Å². The molecule has 1 unspecified atom stereocenters. The van der Waals surface area contributed by atoms with Crippen LogP contribution in [0.4, 0.5) is 0 Å². The zero-order valence-electron chi connectivity index (χ0n) is 11.4. The number of amides is 1. The Morgan fingerprint density at radius 1 is 1.50 bits per heavy atom. The Balaban J connectivity index is 2.02. The Morgan fingerprint density at radius 3 is 2.90 bits per heavy atom. The van der Waals surface area contributed by atoms with Gasteiger partial charge in [-0.2, -0.15) is 0 Å². The van der Waals surface area contributed by atoms with Crippen molar-refractivity contribution in [3.63, 3.8) is 0 Å². The maximum atomic E-state index is 12.3. The Bertz CT molecular complexity index is 486. The van der Waals surface area contributed by atoms with Crippen LogP contribution in [-0.4, -0.2) is 47.1 Å². The summed E-state index contributed by atoms with van der Waals surface area (Å²) in [6, 6.07) is 3.32. The van der Waals surface area contributed by atoms with E-state index in [9.17, 15) is 9.59 Å². The largest absolute Gasteiger partial charge is 0.481 e. The number of methoxy groups -OCH3 is 1. The van der Waals surface area contributed by atoms with E-state index >= 15 is 0 Å². The molecule has 20 heavy (non-hydrogen) atoms. The second-order valence-corrected chi connectivity index (χ2v) is 4.95. The van der Waals surface area contributed by atoms with Crippen LogP contribution in [0.15, 0.2) is 18.3 Å². The van der Waals surface area contributed by atoms with E-state index in [4.69, 9.17) is 9.84 Å². The SMILES string of the molecule is COc1ccc(C(=O)N2CCCC(CC(=O)O)C2)cn1. The first kappa shape index (κ1) is 14.3. The third kappa shape index (κ3) is 3.46. The van der Waals surface area contributed by atoms with Gasteiger partial charge in [-0.1, -0.05) is 0 Å². The quantitative estimate of drug-likeness (QED) is 0.901. The van der Waals surface area contributed by atoms with Crippen molar-refractivity contribution >= 4 is 11.9 Å². The average molecular weight is 278 g/mol. The van der Waals surface area contributed by atoms with Gasteiger partial charge in [-0.25, -0.2) is 4.98 Å². The average Bonchev–Trinajstić information content (AvgIpc) is 2.46. The topological polar surface area (TPSA) is 79.7 Å². The highest BCUT2D eigenvalue weighted by molar-refractivity contribution is 5.94. The molecule has 0 bridgehead atoms. The molecular weight excluding hydrogens is 260 g/mol. The van der Waals surface area contributed by atoms with Crippen LogP contribution in [0.1, 0.15) is 29.6 Å². The molecule has 1 aliphatic heterocycles. The number of aliphatic carboxylic acids is 1. The summed E-state index contributed by atoms with van der Waals surface area (Å²) in [7, 11) is 1.52. The Morgan fingerprint density at radius 2 is 2.30 bits per heavy atom. The number of aromatic nitrogens is 1. The number of rotatable bonds is 4. The van der Waals surface area contributed by atoms with Crippen molar-refractivity contribution < 1.29 is 19.4 Å².